The van der Waals surface area contributed by atoms with Crippen LogP contribution in [0.25, 0.3) is 0 Å². The van der Waals surface area contributed by atoms with Crippen molar-refractivity contribution in [3.05, 3.63) is 59.7 Å². The van der Waals surface area contributed by atoms with Crippen molar-refractivity contribution >= 4 is 23.6 Å². The molecule has 0 saturated heterocycles. The van der Waals surface area contributed by atoms with E-state index in [4.69, 9.17) is 9.47 Å². The highest BCUT2D eigenvalue weighted by molar-refractivity contribution is 5.85. The van der Waals surface area contributed by atoms with Crippen molar-refractivity contribution in [2.75, 3.05) is 10.6 Å². The highest BCUT2D eigenvalue weighted by atomic mass is 16.6. The second kappa shape index (κ2) is 8.99. The average molecular weight is 399 g/mol. The number of benzene rings is 2. The van der Waals surface area contributed by atoms with Crippen LogP contribution in [0.3, 0.4) is 0 Å². The minimum absolute atomic E-state index is 0.474. The summed E-state index contributed by atoms with van der Waals surface area (Å²) >= 11 is 0. The number of hydrogen-bond donors (Lipinski definition) is 2. The predicted molar refractivity (Wildman–Crippen MR) is 115 cm³/mol. The molecule has 156 valence electrons. The monoisotopic (exact) mass is 398 g/mol. The molecule has 0 radical (unpaired) electrons. The molecule has 2 amide bonds. The molecule has 0 unspecified atom stereocenters. The summed E-state index contributed by atoms with van der Waals surface area (Å²) in [5, 5.41) is 5.44. The SMILES string of the molecule is CC(C)(C)OC(=O)Nc1ccc(Cc2ccc(NC(=O)OC(C)(C)C)cc2)cc1. The summed E-state index contributed by atoms with van der Waals surface area (Å²) in [6, 6.07) is 15.2. The van der Waals surface area contributed by atoms with Crippen LogP contribution in [-0.2, 0) is 15.9 Å². The Morgan fingerprint density at radius 1 is 0.655 bits per heavy atom. The van der Waals surface area contributed by atoms with Crippen LogP contribution in [0.2, 0.25) is 0 Å². The summed E-state index contributed by atoms with van der Waals surface area (Å²) in [6.45, 7) is 10.9. The van der Waals surface area contributed by atoms with Gasteiger partial charge in [-0.15, -0.1) is 0 Å². The largest absolute Gasteiger partial charge is 0.444 e. The van der Waals surface area contributed by atoms with E-state index in [9.17, 15) is 9.59 Å². The van der Waals surface area contributed by atoms with Gasteiger partial charge in [0.2, 0.25) is 0 Å². The first-order valence-electron chi connectivity index (χ1n) is 9.57. The quantitative estimate of drug-likeness (QED) is 0.665. The van der Waals surface area contributed by atoms with Gasteiger partial charge in [0.05, 0.1) is 0 Å². The van der Waals surface area contributed by atoms with Crippen molar-refractivity contribution in [1.82, 2.24) is 0 Å². The molecule has 0 heterocycles. The van der Waals surface area contributed by atoms with Gasteiger partial charge in [-0.05, 0) is 83.4 Å². The van der Waals surface area contributed by atoms with Gasteiger partial charge in [-0.1, -0.05) is 24.3 Å². The Labute approximate surface area is 172 Å². The number of carbonyl (C=O) groups excluding carboxylic acids is 2. The first-order valence-corrected chi connectivity index (χ1v) is 9.57. The zero-order valence-electron chi connectivity index (χ0n) is 18.0. The van der Waals surface area contributed by atoms with Crippen LogP contribution in [0.1, 0.15) is 52.7 Å². The van der Waals surface area contributed by atoms with Crippen LogP contribution in [0, 0.1) is 0 Å². The zero-order valence-corrected chi connectivity index (χ0v) is 18.0. The smallest absolute Gasteiger partial charge is 0.412 e. The second-order valence-corrected chi connectivity index (χ2v) is 8.82. The maximum absolute atomic E-state index is 11.8. The minimum Gasteiger partial charge on any atom is -0.444 e. The molecule has 2 rings (SSSR count). The van der Waals surface area contributed by atoms with Crippen molar-refractivity contribution < 1.29 is 19.1 Å². The van der Waals surface area contributed by atoms with E-state index in [1.165, 1.54) is 0 Å². The molecular formula is C23H30N2O4. The Morgan fingerprint density at radius 3 is 1.24 bits per heavy atom. The molecule has 0 spiro atoms. The van der Waals surface area contributed by atoms with Crippen molar-refractivity contribution in [2.45, 2.75) is 59.2 Å². The third-order valence-electron chi connectivity index (χ3n) is 3.61. The lowest BCUT2D eigenvalue weighted by Gasteiger charge is -2.19. The predicted octanol–water partition coefficient (Wildman–Crippen LogP) is 5.97. The number of nitrogens with one attached hydrogen (secondary N) is 2. The van der Waals surface area contributed by atoms with E-state index in [-0.39, 0.29) is 0 Å². The van der Waals surface area contributed by atoms with E-state index in [0.29, 0.717) is 11.4 Å². The summed E-state index contributed by atoms with van der Waals surface area (Å²) in [4.78, 5) is 23.6. The van der Waals surface area contributed by atoms with Gasteiger partial charge in [0.15, 0.2) is 0 Å². The molecule has 2 N–H and O–H groups in total. The molecule has 0 aliphatic rings. The van der Waals surface area contributed by atoms with Crippen LogP contribution in [0.5, 0.6) is 0 Å². The number of anilines is 2. The van der Waals surface area contributed by atoms with E-state index < -0.39 is 23.4 Å². The Balaban J connectivity index is 1.90. The minimum atomic E-state index is -0.533. The molecule has 0 bridgehead atoms. The average Bonchev–Trinajstić information content (AvgIpc) is 2.55. The molecule has 29 heavy (non-hydrogen) atoms. The maximum atomic E-state index is 11.8. The summed E-state index contributed by atoms with van der Waals surface area (Å²) in [7, 11) is 0. The van der Waals surface area contributed by atoms with Gasteiger partial charge >= 0.3 is 12.2 Å². The van der Waals surface area contributed by atoms with Gasteiger partial charge in [0.1, 0.15) is 11.2 Å². The number of hydrogen-bond acceptors (Lipinski definition) is 4. The van der Waals surface area contributed by atoms with Gasteiger partial charge in [-0.2, -0.15) is 0 Å². The molecule has 0 aliphatic carbocycles. The molecule has 0 aromatic heterocycles. The van der Waals surface area contributed by atoms with Crippen LogP contribution in [-0.4, -0.2) is 23.4 Å². The summed E-state index contributed by atoms with van der Waals surface area (Å²) in [5.74, 6) is 0. The maximum Gasteiger partial charge on any atom is 0.412 e. The molecule has 6 heteroatoms. The molecule has 0 fully saturated rings. The van der Waals surface area contributed by atoms with E-state index in [1.807, 2.05) is 90.1 Å². The third-order valence-corrected chi connectivity index (χ3v) is 3.61. The number of carbonyl (C=O) groups is 2. The summed E-state index contributed by atoms with van der Waals surface area (Å²) in [6.07, 6.45) is -0.212. The number of amides is 2. The van der Waals surface area contributed by atoms with E-state index in [1.54, 1.807) is 0 Å². The molecule has 6 nitrogen and oxygen atoms in total. The van der Waals surface area contributed by atoms with Gasteiger partial charge in [-0.25, -0.2) is 9.59 Å². The molecule has 0 aliphatic heterocycles. The van der Waals surface area contributed by atoms with Crippen molar-refractivity contribution in [3.63, 3.8) is 0 Å². The van der Waals surface area contributed by atoms with Gasteiger partial charge < -0.3 is 9.47 Å². The van der Waals surface area contributed by atoms with Crippen molar-refractivity contribution in [1.29, 1.82) is 0 Å². The fourth-order valence-corrected chi connectivity index (χ4v) is 2.49. The van der Waals surface area contributed by atoms with Gasteiger partial charge in [0.25, 0.3) is 0 Å². The first kappa shape index (κ1) is 22.3. The summed E-state index contributed by atoms with van der Waals surface area (Å²) < 4.78 is 10.5. The van der Waals surface area contributed by atoms with Crippen LogP contribution < -0.4 is 10.6 Å². The Hall–Kier alpha value is -3.02. The van der Waals surface area contributed by atoms with Crippen LogP contribution in [0.15, 0.2) is 48.5 Å². The molecular weight excluding hydrogens is 368 g/mol. The molecule has 2 aromatic rings. The van der Waals surface area contributed by atoms with E-state index >= 15 is 0 Å². The molecule has 0 atom stereocenters. The zero-order chi connectivity index (χ0) is 21.7. The lowest BCUT2D eigenvalue weighted by atomic mass is 10.0. The van der Waals surface area contributed by atoms with Gasteiger partial charge in [0, 0.05) is 11.4 Å². The van der Waals surface area contributed by atoms with E-state index in [2.05, 4.69) is 10.6 Å². The van der Waals surface area contributed by atoms with Gasteiger partial charge in [-0.3, -0.25) is 10.6 Å². The topological polar surface area (TPSA) is 76.7 Å². The summed E-state index contributed by atoms with van der Waals surface area (Å²) in [5.41, 5.74) is 2.50. The number of rotatable bonds is 4. The fourth-order valence-electron chi connectivity index (χ4n) is 2.49. The highest BCUT2D eigenvalue weighted by Crippen LogP contribution is 2.18. The second-order valence-electron chi connectivity index (χ2n) is 8.82. The normalized spacial score (nSPS) is 11.5. The Morgan fingerprint density at radius 2 is 0.966 bits per heavy atom. The fraction of sp³-hybridized carbons (Fsp3) is 0.391. The Kier molecular flexibility index (Phi) is 6.90. The molecule has 2 aromatic carbocycles. The number of ether oxygens (including phenoxy) is 2. The molecule has 0 saturated carbocycles. The van der Waals surface area contributed by atoms with Crippen molar-refractivity contribution in [2.24, 2.45) is 0 Å². The standard InChI is InChI=1S/C23H30N2O4/c1-22(2,3)28-20(26)24-18-11-7-16(8-12-18)15-17-9-13-19(14-10-17)25-21(27)29-23(4,5)6/h7-14H,15H2,1-6H3,(H,24,26)(H,25,27). The van der Waals surface area contributed by atoms with Crippen LogP contribution in [0.4, 0.5) is 21.0 Å². The van der Waals surface area contributed by atoms with Crippen LogP contribution >= 0.6 is 0 Å². The van der Waals surface area contributed by atoms with Crippen molar-refractivity contribution in [3.8, 4) is 0 Å². The van der Waals surface area contributed by atoms with E-state index in [0.717, 1.165) is 17.5 Å². The highest BCUT2D eigenvalue weighted by Gasteiger charge is 2.17. The lowest BCUT2D eigenvalue weighted by molar-refractivity contribution is 0.0624. The Bertz CT molecular complexity index is 758. The lowest BCUT2D eigenvalue weighted by Crippen LogP contribution is -2.27. The first-order chi connectivity index (χ1) is 13.4. The third kappa shape index (κ3) is 8.68.